The lowest BCUT2D eigenvalue weighted by atomic mass is 9.85. The Kier molecular flexibility index (Phi) is 8.52. The van der Waals surface area contributed by atoms with Crippen LogP contribution in [-0.2, 0) is 24.2 Å². The van der Waals surface area contributed by atoms with Gasteiger partial charge in [-0.3, -0.25) is 4.90 Å². The number of carboxylic acid groups (broad SMARTS) is 1. The number of nitrogens with zero attached hydrogens (tertiary/aromatic N) is 6. The molecule has 1 atom stereocenters. The van der Waals surface area contributed by atoms with Crippen molar-refractivity contribution < 1.29 is 24.2 Å². The van der Waals surface area contributed by atoms with Crippen LogP contribution in [0, 0.1) is 12.3 Å². The number of carbonyl (C=O) groups is 2. The van der Waals surface area contributed by atoms with Crippen molar-refractivity contribution in [1.29, 1.82) is 0 Å². The molecule has 2 aromatic heterocycles. The third-order valence-electron chi connectivity index (χ3n) is 7.98. The Labute approximate surface area is 264 Å². The molecule has 0 fully saturated rings. The highest BCUT2D eigenvalue weighted by atomic mass is 16.6. The van der Waals surface area contributed by atoms with E-state index in [4.69, 9.17) is 14.5 Å². The number of carbonyl (C=O) groups excluding carboxylic acids is 1. The zero-order valence-corrected chi connectivity index (χ0v) is 27.3. The van der Waals surface area contributed by atoms with Crippen molar-refractivity contribution in [2.24, 2.45) is 5.41 Å². The van der Waals surface area contributed by atoms with Crippen LogP contribution >= 0.6 is 0 Å². The molecule has 0 spiro atoms. The smallest absolute Gasteiger partial charge is 0.412 e. The van der Waals surface area contributed by atoms with Gasteiger partial charge in [-0.05, 0) is 62.8 Å². The molecule has 5 rings (SSSR count). The molecule has 0 saturated heterocycles. The van der Waals surface area contributed by atoms with Gasteiger partial charge in [-0.1, -0.05) is 32.9 Å². The summed E-state index contributed by atoms with van der Waals surface area (Å²) >= 11 is 0. The number of anilines is 4. The van der Waals surface area contributed by atoms with Gasteiger partial charge in [-0.2, -0.15) is 0 Å². The molecule has 0 aliphatic carbocycles. The van der Waals surface area contributed by atoms with Gasteiger partial charge in [0.05, 0.1) is 30.2 Å². The molecule has 1 unspecified atom stereocenters. The number of fused-ring (bicyclic) bond motifs is 2. The normalized spacial score (nSPS) is 16.3. The SMILES string of the molecule is Cc1c(N2CCc3cnc(Nc4cccc(CN(C)C(=O)OC(C)(C)C)c4)nc3C2)cnc2c1N(C(=O)O)C(C(C)(C)C)CO2. The first-order chi connectivity index (χ1) is 21.1. The van der Waals surface area contributed by atoms with Gasteiger partial charge in [0, 0.05) is 37.6 Å². The average Bonchev–Trinajstić information content (AvgIpc) is 2.95. The molecule has 2 N–H and O–H groups in total. The maximum Gasteiger partial charge on any atom is 0.412 e. The number of ether oxygens (including phenoxy) is 2. The van der Waals surface area contributed by atoms with Crippen molar-refractivity contribution in [1.82, 2.24) is 19.9 Å². The summed E-state index contributed by atoms with van der Waals surface area (Å²) in [4.78, 5) is 44.0. The first-order valence-electron chi connectivity index (χ1n) is 15.1. The minimum absolute atomic E-state index is 0.252. The van der Waals surface area contributed by atoms with E-state index in [0.717, 1.165) is 40.2 Å². The molecule has 2 aliphatic rings. The summed E-state index contributed by atoms with van der Waals surface area (Å²) in [6, 6.07) is 7.40. The summed E-state index contributed by atoms with van der Waals surface area (Å²) in [5.74, 6) is 0.803. The highest BCUT2D eigenvalue weighted by Crippen LogP contribution is 2.43. The van der Waals surface area contributed by atoms with E-state index < -0.39 is 11.7 Å². The first-order valence-corrected chi connectivity index (χ1v) is 15.1. The highest BCUT2D eigenvalue weighted by molar-refractivity contribution is 5.92. The summed E-state index contributed by atoms with van der Waals surface area (Å²) in [5, 5.41) is 13.5. The number of nitrogens with one attached hydrogen (secondary N) is 1. The van der Waals surface area contributed by atoms with Gasteiger partial charge in [-0.25, -0.2) is 24.5 Å². The summed E-state index contributed by atoms with van der Waals surface area (Å²) in [6.07, 6.45) is 2.95. The van der Waals surface area contributed by atoms with Gasteiger partial charge in [-0.15, -0.1) is 0 Å². The van der Waals surface area contributed by atoms with Crippen LogP contribution in [0.2, 0.25) is 0 Å². The fourth-order valence-electron chi connectivity index (χ4n) is 5.65. The van der Waals surface area contributed by atoms with Gasteiger partial charge in [0.2, 0.25) is 11.8 Å². The quantitative estimate of drug-likeness (QED) is 0.344. The summed E-state index contributed by atoms with van der Waals surface area (Å²) in [6.45, 7) is 15.4. The van der Waals surface area contributed by atoms with Crippen LogP contribution in [0.1, 0.15) is 63.9 Å². The van der Waals surface area contributed by atoms with E-state index >= 15 is 0 Å². The van der Waals surface area contributed by atoms with Gasteiger partial charge in [0.15, 0.2) is 0 Å². The molecule has 0 bridgehead atoms. The Morgan fingerprint density at radius 2 is 1.91 bits per heavy atom. The zero-order valence-electron chi connectivity index (χ0n) is 27.3. The number of aromatic nitrogens is 3. The van der Waals surface area contributed by atoms with Gasteiger partial charge in [0.25, 0.3) is 0 Å². The number of pyridine rings is 1. The van der Waals surface area contributed by atoms with Crippen LogP contribution < -0.4 is 19.9 Å². The van der Waals surface area contributed by atoms with E-state index in [9.17, 15) is 14.7 Å². The topological polar surface area (TPSA) is 133 Å². The van der Waals surface area contributed by atoms with Crippen LogP contribution in [0.25, 0.3) is 0 Å². The average molecular weight is 618 g/mol. The van der Waals surface area contributed by atoms with E-state index in [1.165, 1.54) is 9.80 Å². The summed E-state index contributed by atoms with van der Waals surface area (Å²) in [5.41, 5.74) is 4.95. The van der Waals surface area contributed by atoms with Crippen molar-refractivity contribution in [3.05, 3.63) is 59.0 Å². The molecule has 4 heterocycles. The molecule has 3 aromatic rings. The number of amides is 2. The molecular formula is C33H43N7O5. The standard InChI is InChI=1S/C33H43N7O5/c1-20-25(16-34-28-27(20)40(30(41)42)26(19-44-28)32(2,3)4)39-13-12-22-15-35-29(37-24(22)18-39)36-23-11-9-10-21(14-23)17-38(8)31(43)45-33(5,6)7/h9-11,14-16,26H,12-13,17-19H2,1-8H3,(H,41,42)(H,35,36,37). The molecule has 1 aromatic carbocycles. The number of hydrogen-bond donors (Lipinski definition) is 2. The van der Waals surface area contributed by atoms with Crippen LogP contribution in [0.4, 0.5) is 32.6 Å². The van der Waals surface area contributed by atoms with Crippen LogP contribution in [0.5, 0.6) is 5.88 Å². The predicted octanol–water partition coefficient (Wildman–Crippen LogP) is 6.14. The Hall–Kier alpha value is -4.61. The molecule has 240 valence electrons. The van der Waals surface area contributed by atoms with Gasteiger partial charge in [0.1, 0.15) is 17.9 Å². The fourth-order valence-corrected chi connectivity index (χ4v) is 5.65. The third kappa shape index (κ3) is 7.05. The van der Waals surface area contributed by atoms with E-state index in [0.29, 0.717) is 37.1 Å². The second-order valence-electron chi connectivity index (χ2n) is 13.8. The lowest BCUT2D eigenvalue weighted by Gasteiger charge is -2.43. The molecular weight excluding hydrogens is 574 g/mol. The minimum atomic E-state index is -1.02. The van der Waals surface area contributed by atoms with E-state index in [1.54, 1.807) is 13.2 Å². The van der Waals surface area contributed by atoms with Gasteiger partial charge < -0.3 is 29.7 Å². The van der Waals surface area contributed by atoms with Crippen LogP contribution in [0.15, 0.2) is 36.7 Å². The lowest BCUT2D eigenvalue weighted by molar-refractivity contribution is 0.0285. The monoisotopic (exact) mass is 617 g/mol. The molecule has 2 amide bonds. The minimum Gasteiger partial charge on any atom is -0.474 e. The van der Waals surface area contributed by atoms with Crippen molar-refractivity contribution >= 4 is 35.2 Å². The lowest BCUT2D eigenvalue weighted by Crippen LogP contribution is -2.53. The van der Waals surface area contributed by atoms with Crippen LogP contribution in [0.3, 0.4) is 0 Å². The molecule has 0 saturated carbocycles. The summed E-state index contributed by atoms with van der Waals surface area (Å²) in [7, 11) is 1.71. The second kappa shape index (κ2) is 12.1. The zero-order chi connectivity index (χ0) is 32.7. The van der Waals surface area contributed by atoms with Crippen LogP contribution in [-0.4, -0.2) is 69.0 Å². The van der Waals surface area contributed by atoms with Crippen molar-refractivity contribution in [3.8, 4) is 5.88 Å². The van der Waals surface area contributed by atoms with Crippen molar-refractivity contribution in [3.63, 3.8) is 0 Å². The third-order valence-corrected chi connectivity index (χ3v) is 7.98. The first kappa shape index (κ1) is 31.8. The van der Waals surface area contributed by atoms with Crippen molar-refractivity contribution in [2.45, 2.75) is 79.6 Å². The Morgan fingerprint density at radius 1 is 1.16 bits per heavy atom. The molecule has 2 aliphatic heterocycles. The predicted molar refractivity (Wildman–Crippen MR) is 172 cm³/mol. The van der Waals surface area contributed by atoms with Crippen molar-refractivity contribution in [2.75, 3.05) is 35.3 Å². The maximum atomic E-state index is 12.5. The van der Waals surface area contributed by atoms with Gasteiger partial charge >= 0.3 is 12.2 Å². The van der Waals surface area contributed by atoms with E-state index in [1.807, 2.05) is 78.9 Å². The number of benzene rings is 1. The van der Waals surface area contributed by atoms with E-state index in [-0.39, 0.29) is 24.2 Å². The van der Waals surface area contributed by atoms with E-state index in [2.05, 4.69) is 20.2 Å². The fraction of sp³-hybridized carbons (Fsp3) is 0.485. The maximum absolute atomic E-state index is 12.5. The molecule has 45 heavy (non-hydrogen) atoms. The largest absolute Gasteiger partial charge is 0.474 e. The molecule has 0 radical (unpaired) electrons. The molecule has 12 nitrogen and oxygen atoms in total. The highest BCUT2D eigenvalue weighted by Gasteiger charge is 2.42. The number of rotatable bonds is 5. The Morgan fingerprint density at radius 3 is 2.60 bits per heavy atom. The summed E-state index contributed by atoms with van der Waals surface area (Å²) < 4.78 is 11.4. The second-order valence-corrected chi connectivity index (χ2v) is 13.8. The Bertz CT molecular complexity index is 1600. The Balaban J connectivity index is 1.34. The molecule has 12 heteroatoms. The number of hydrogen-bond acceptors (Lipinski definition) is 9.